The van der Waals surface area contributed by atoms with Crippen LogP contribution >= 0.6 is 0 Å². The first-order valence-corrected chi connectivity index (χ1v) is 10.6. The van der Waals surface area contributed by atoms with E-state index in [0.717, 1.165) is 11.9 Å². The lowest BCUT2D eigenvalue weighted by atomic mass is 9.79. The molecule has 0 radical (unpaired) electrons. The van der Waals surface area contributed by atoms with Crippen LogP contribution in [-0.2, 0) is 0 Å². The van der Waals surface area contributed by atoms with Crippen molar-refractivity contribution >= 4 is 5.91 Å². The summed E-state index contributed by atoms with van der Waals surface area (Å²) in [4.78, 5) is 20.7. The molecule has 3 heterocycles. The highest BCUT2D eigenvalue weighted by atomic mass is 19.1. The van der Waals surface area contributed by atoms with Gasteiger partial charge >= 0.3 is 0 Å². The Morgan fingerprint density at radius 3 is 2.58 bits per heavy atom. The molecule has 9 heteroatoms. The Hall–Kier alpha value is -4.01. The minimum Gasteiger partial charge on any atom is -0.348 e. The van der Waals surface area contributed by atoms with E-state index in [0.29, 0.717) is 35.9 Å². The van der Waals surface area contributed by atoms with E-state index in [1.54, 1.807) is 22.8 Å². The highest BCUT2D eigenvalue weighted by molar-refractivity contribution is 5.92. The fourth-order valence-electron chi connectivity index (χ4n) is 3.98. The number of aromatic nitrogens is 5. The Kier molecular flexibility index (Phi) is 5.37. The molecule has 0 saturated heterocycles. The van der Waals surface area contributed by atoms with Gasteiger partial charge in [0.2, 0.25) is 0 Å². The standard InChI is InChI=1S/C24H20F2N6O/c1-14-5-4-7-19(28-14)23-31-30-22(32(23)21-8-3-2-6-18(21)26)15-11-17(12-15)29-24(33)20-10-9-16(25)13-27-20/h2-10,13,15,17H,11-12H2,1H3,(H,29,33)/t15-,17-. The number of rotatable bonds is 5. The number of nitrogens with one attached hydrogen (secondary N) is 1. The fourth-order valence-corrected chi connectivity index (χ4v) is 3.98. The van der Waals surface area contributed by atoms with Gasteiger partial charge < -0.3 is 5.32 Å². The second-order valence-corrected chi connectivity index (χ2v) is 8.03. The van der Waals surface area contributed by atoms with E-state index in [2.05, 4.69) is 25.5 Å². The molecule has 0 spiro atoms. The first-order valence-electron chi connectivity index (χ1n) is 10.6. The van der Waals surface area contributed by atoms with Crippen molar-refractivity contribution in [3.8, 4) is 17.2 Å². The normalized spacial score (nSPS) is 17.4. The van der Waals surface area contributed by atoms with Gasteiger partial charge in [0.15, 0.2) is 5.82 Å². The molecule has 0 bridgehead atoms. The highest BCUT2D eigenvalue weighted by Gasteiger charge is 2.36. The van der Waals surface area contributed by atoms with Crippen molar-refractivity contribution < 1.29 is 13.6 Å². The van der Waals surface area contributed by atoms with Crippen LogP contribution in [0.3, 0.4) is 0 Å². The van der Waals surface area contributed by atoms with Crippen LogP contribution in [-0.4, -0.2) is 36.7 Å². The molecule has 0 atom stereocenters. The van der Waals surface area contributed by atoms with Gasteiger partial charge in [0.25, 0.3) is 5.91 Å². The first-order chi connectivity index (χ1) is 16.0. The van der Waals surface area contributed by atoms with Crippen LogP contribution in [0.2, 0.25) is 0 Å². The number of benzene rings is 1. The van der Waals surface area contributed by atoms with Crippen LogP contribution in [0.25, 0.3) is 17.2 Å². The van der Waals surface area contributed by atoms with Gasteiger partial charge in [-0.2, -0.15) is 0 Å². The van der Waals surface area contributed by atoms with Crippen molar-refractivity contribution in [1.29, 1.82) is 0 Å². The number of para-hydroxylation sites is 1. The van der Waals surface area contributed by atoms with Crippen LogP contribution in [0.5, 0.6) is 0 Å². The summed E-state index contributed by atoms with van der Waals surface area (Å²) in [5.74, 6) is -0.202. The predicted octanol–water partition coefficient (Wildman–Crippen LogP) is 3.99. The molecule has 0 unspecified atom stereocenters. The van der Waals surface area contributed by atoms with E-state index in [1.165, 1.54) is 18.2 Å². The fraction of sp³-hybridized carbons (Fsp3) is 0.208. The maximum atomic E-state index is 14.8. The van der Waals surface area contributed by atoms with Gasteiger partial charge in [0, 0.05) is 17.7 Å². The lowest BCUT2D eigenvalue weighted by Crippen LogP contribution is -2.44. The van der Waals surface area contributed by atoms with Gasteiger partial charge in [-0.3, -0.25) is 9.36 Å². The Morgan fingerprint density at radius 1 is 1.03 bits per heavy atom. The monoisotopic (exact) mass is 446 g/mol. The van der Waals surface area contributed by atoms with Gasteiger partial charge in [-0.15, -0.1) is 10.2 Å². The van der Waals surface area contributed by atoms with Crippen LogP contribution in [0.1, 0.15) is 40.8 Å². The number of aryl methyl sites for hydroxylation is 1. The zero-order chi connectivity index (χ0) is 22.9. The average molecular weight is 446 g/mol. The van der Waals surface area contributed by atoms with Crippen molar-refractivity contribution in [2.75, 3.05) is 0 Å². The number of amides is 1. The quantitative estimate of drug-likeness (QED) is 0.501. The summed E-state index contributed by atoms with van der Waals surface area (Å²) in [6.45, 7) is 1.88. The number of halogens is 2. The summed E-state index contributed by atoms with van der Waals surface area (Å²) < 4.78 is 29.5. The molecule has 33 heavy (non-hydrogen) atoms. The SMILES string of the molecule is Cc1cccc(-c2nnc([C@H]3C[C@H](NC(=O)c4ccc(F)cn4)C3)n2-c2ccccc2F)n1. The molecule has 1 aliphatic rings. The zero-order valence-corrected chi connectivity index (χ0v) is 17.7. The second kappa shape index (κ2) is 8.50. The largest absolute Gasteiger partial charge is 0.348 e. The summed E-state index contributed by atoms with van der Waals surface area (Å²) in [5, 5.41) is 11.6. The van der Waals surface area contributed by atoms with E-state index in [1.807, 2.05) is 25.1 Å². The first kappa shape index (κ1) is 20.9. The maximum Gasteiger partial charge on any atom is 0.270 e. The molecule has 1 fully saturated rings. The molecule has 1 N–H and O–H groups in total. The molecule has 1 amide bonds. The Bertz CT molecular complexity index is 1310. The third kappa shape index (κ3) is 4.09. The summed E-state index contributed by atoms with van der Waals surface area (Å²) in [7, 11) is 0. The van der Waals surface area contributed by atoms with E-state index >= 15 is 0 Å². The summed E-state index contributed by atoms with van der Waals surface area (Å²) in [5.41, 5.74) is 1.92. The third-order valence-corrected chi connectivity index (χ3v) is 5.70. The summed E-state index contributed by atoms with van der Waals surface area (Å²) >= 11 is 0. The van der Waals surface area contributed by atoms with E-state index in [-0.39, 0.29) is 29.4 Å². The number of carbonyl (C=O) groups excluding carboxylic acids is 1. The number of pyridine rings is 2. The molecule has 4 aromatic rings. The average Bonchev–Trinajstić information content (AvgIpc) is 3.21. The predicted molar refractivity (Wildman–Crippen MR) is 117 cm³/mol. The summed E-state index contributed by atoms with van der Waals surface area (Å²) in [6.07, 6.45) is 2.23. The van der Waals surface area contributed by atoms with Crippen LogP contribution in [0.4, 0.5) is 8.78 Å². The lowest BCUT2D eigenvalue weighted by molar-refractivity contribution is 0.0902. The molecule has 5 rings (SSSR count). The molecule has 166 valence electrons. The van der Waals surface area contributed by atoms with Gasteiger partial charge in [0.05, 0.1) is 11.9 Å². The van der Waals surface area contributed by atoms with Crippen LogP contribution < -0.4 is 5.32 Å². The molecule has 0 aliphatic heterocycles. The Morgan fingerprint density at radius 2 is 1.85 bits per heavy atom. The van der Waals surface area contributed by atoms with E-state index < -0.39 is 5.82 Å². The van der Waals surface area contributed by atoms with Crippen molar-refractivity contribution in [1.82, 2.24) is 30.0 Å². The minimum absolute atomic E-state index is 0.0258. The Labute approximate surface area is 188 Å². The van der Waals surface area contributed by atoms with E-state index in [4.69, 9.17) is 0 Å². The summed E-state index contributed by atoms with van der Waals surface area (Å²) in [6, 6.07) is 14.5. The Balaban J connectivity index is 1.41. The molecular weight excluding hydrogens is 426 g/mol. The smallest absolute Gasteiger partial charge is 0.270 e. The van der Waals surface area contributed by atoms with Gasteiger partial charge in [-0.05, 0) is 56.2 Å². The number of hydrogen-bond acceptors (Lipinski definition) is 5. The molecule has 1 aliphatic carbocycles. The van der Waals surface area contributed by atoms with Crippen molar-refractivity contribution in [2.45, 2.75) is 31.7 Å². The minimum atomic E-state index is -0.498. The highest BCUT2D eigenvalue weighted by Crippen LogP contribution is 2.38. The zero-order valence-electron chi connectivity index (χ0n) is 17.7. The topological polar surface area (TPSA) is 85.6 Å². The lowest BCUT2D eigenvalue weighted by Gasteiger charge is -2.35. The van der Waals surface area contributed by atoms with Gasteiger partial charge in [0.1, 0.15) is 28.8 Å². The van der Waals surface area contributed by atoms with Gasteiger partial charge in [-0.25, -0.2) is 18.7 Å². The van der Waals surface area contributed by atoms with Crippen molar-refractivity contribution in [2.24, 2.45) is 0 Å². The van der Waals surface area contributed by atoms with Gasteiger partial charge in [-0.1, -0.05) is 18.2 Å². The van der Waals surface area contributed by atoms with Crippen molar-refractivity contribution in [3.63, 3.8) is 0 Å². The van der Waals surface area contributed by atoms with Crippen molar-refractivity contribution in [3.05, 3.63) is 89.6 Å². The third-order valence-electron chi connectivity index (χ3n) is 5.70. The maximum absolute atomic E-state index is 14.8. The van der Waals surface area contributed by atoms with Crippen LogP contribution in [0.15, 0.2) is 60.8 Å². The van der Waals surface area contributed by atoms with Crippen LogP contribution in [0, 0.1) is 18.6 Å². The number of carbonyl (C=O) groups is 1. The van der Waals surface area contributed by atoms with E-state index in [9.17, 15) is 13.6 Å². The molecule has 1 saturated carbocycles. The second-order valence-electron chi connectivity index (χ2n) is 8.03. The molecular formula is C24H20F2N6O. The molecule has 3 aromatic heterocycles. The molecule has 1 aromatic carbocycles. The number of hydrogen-bond donors (Lipinski definition) is 1. The molecule has 7 nitrogen and oxygen atoms in total. The number of nitrogens with zero attached hydrogens (tertiary/aromatic N) is 5.